The molecule has 0 aliphatic heterocycles. The number of hydrogen-bond donors (Lipinski definition) is 1. The van der Waals surface area contributed by atoms with Crippen LogP contribution in [0.3, 0.4) is 0 Å². The summed E-state index contributed by atoms with van der Waals surface area (Å²) in [6.07, 6.45) is 1.25. The second kappa shape index (κ2) is 9.06. The van der Waals surface area contributed by atoms with E-state index in [1.165, 1.54) is 11.0 Å². The molecule has 0 fully saturated rings. The number of furan rings is 1. The fourth-order valence-electron chi connectivity index (χ4n) is 3.78. The van der Waals surface area contributed by atoms with Gasteiger partial charge in [0.2, 0.25) is 5.58 Å². The van der Waals surface area contributed by atoms with Crippen LogP contribution < -0.4 is 10.9 Å². The van der Waals surface area contributed by atoms with Gasteiger partial charge in [0.1, 0.15) is 23.5 Å². The quantitative estimate of drug-likeness (QED) is 0.356. The summed E-state index contributed by atoms with van der Waals surface area (Å²) in [6.45, 7) is 4.43. The van der Waals surface area contributed by atoms with Crippen molar-refractivity contribution in [3.8, 4) is 5.95 Å². The number of benzene rings is 1. The number of nitrogens with zero attached hydrogens (tertiary/aromatic N) is 6. The van der Waals surface area contributed by atoms with Crippen LogP contribution in [-0.4, -0.2) is 47.8 Å². The van der Waals surface area contributed by atoms with E-state index in [4.69, 9.17) is 9.15 Å². The number of ether oxygens (including phenoxy) is 1. The monoisotopic (exact) mass is 487 g/mol. The van der Waals surface area contributed by atoms with Gasteiger partial charge in [-0.15, -0.1) is 0 Å². The Labute approximate surface area is 203 Å². The van der Waals surface area contributed by atoms with E-state index in [-0.39, 0.29) is 5.58 Å². The molecule has 0 atom stereocenters. The van der Waals surface area contributed by atoms with E-state index in [0.717, 1.165) is 16.0 Å². The van der Waals surface area contributed by atoms with Crippen molar-refractivity contribution in [1.82, 2.24) is 29.3 Å². The predicted octanol–water partition coefficient (Wildman–Crippen LogP) is 2.23. The topological polar surface area (TPSA) is 147 Å². The zero-order valence-corrected chi connectivity index (χ0v) is 19.7. The minimum Gasteiger partial charge on any atom is -0.454 e. The van der Waals surface area contributed by atoms with Gasteiger partial charge in [0, 0.05) is 22.8 Å². The van der Waals surface area contributed by atoms with Gasteiger partial charge in [-0.2, -0.15) is 9.78 Å². The van der Waals surface area contributed by atoms with Crippen LogP contribution in [-0.2, 0) is 20.9 Å². The fraction of sp³-hybridized carbons (Fsp3) is 0.208. The molecule has 0 spiro atoms. The summed E-state index contributed by atoms with van der Waals surface area (Å²) in [5.74, 6) is -0.742. The molecule has 0 aliphatic rings. The average molecular weight is 487 g/mol. The number of carbonyl (C=O) groups excluding carboxylic acids is 2. The highest BCUT2D eigenvalue weighted by molar-refractivity contribution is 6.01. The third-order valence-electron chi connectivity index (χ3n) is 5.27. The van der Waals surface area contributed by atoms with Crippen molar-refractivity contribution >= 4 is 39.8 Å². The molecular formula is C24H21N7O5. The molecule has 36 heavy (non-hydrogen) atoms. The maximum absolute atomic E-state index is 12.8. The van der Waals surface area contributed by atoms with Crippen molar-refractivity contribution < 1.29 is 18.7 Å². The van der Waals surface area contributed by atoms with Crippen molar-refractivity contribution in [2.24, 2.45) is 0 Å². The Balaban J connectivity index is 1.25. The van der Waals surface area contributed by atoms with Crippen LogP contribution in [0.25, 0.3) is 28.0 Å². The highest BCUT2D eigenvalue weighted by Gasteiger charge is 2.17. The Morgan fingerprint density at radius 1 is 1.06 bits per heavy atom. The van der Waals surface area contributed by atoms with E-state index in [2.05, 4.69) is 25.4 Å². The Hall–Kier alpha value is -4.87. The normalized spacial score (nSPS) is 11.2. The Kier molecular flexibility index (Phi) is 5.76. The van der Waals surface area contributed by atoms with Gasteiger partial charge in [0.15, 0.2) is 6.61 Å². The maximum atomic E-state index is 12.8. The summed E-state index contributed by atoms with van der Waals surface area (Å²) >= 11 is 0. The fourth-order valence-corrected chi connectivity index (χ4v) is 3.78. The maximum Gasteiger partial charge on any atom is 0.326 e. The number of aryl methyl sites for hydroxylation is 3. The zero-order valence-electron chi connectivity index (χ0n) is 19.7. The van der Waals surface area contributed by atoms with Gasteiger partial charge in [-0.3, -0.25) is 19.0 Å². The third kappa shape index (κ3) is 4.43. The second-order valence-corrected chi connectivity index (χ2v) is 8.20. The van der Waals surface area contributed by atoms with Crippen LogP contribution in [0.1, 0.15) is 17.1 Å². The first-order valence-corrected chi connectivity index (χ1v) is 11.0. The molecule has 4 heterocycles. The largest absolute Gasteiger partial charge is 0.454 e. The Bertz CT molecular complexity index is 1680. The molecule has 0 bridgehead atoms. The van der Waals surface area contributed by atoms with Crippen molar-refractivity contribution in [3.63, 3.8) is 0 Å². The molecule has 1 aromatic carbocycles. The van der Waals surface area contributed by atoms with Gasteiger partial charge in [-0.25, -0.2) is 15.0 Å². The number of nitrogens with one attached hydrogen (secondary N) is 1. The van der Waals surface area contributed by atoms with E-state index in [0.29, 0.717) is 33.9 Å². The van der Waals surface area contributed by atoms with Crippen LogP contribution in [0, 0.1) is 20.8 Å². The molecule has 5 rings (SSSR count). The lowest BCUT2D eigenvalue weighted by molar-refractivity contribution is -0.147. The summed E-state index contributed by atoms with van der Waals surface area (Å²) in [7, 11) is 0. The third-order valence-corrected chi connectivity index (χ3v) is 5.27. The van der Waals surface area contributed by atoms with Crippen LogP contribution in [0.2, 0.25) is 0 Å². The highest BCUT2D eigenvalue weighted by Crippen LogP contribution is 2.24. The minimum absolute atomic E-state index is 0.0430. The average Bonchev–Trinajstić information content (AvgIpc) is 3.39. The zero-order chi connectivity index (χ0) is 25.4. The molecule has 12 heteroatoms. The van der Waals surface area contributed by atoms with Crippen LogP contribution in [0.4, 0.5) is 5.82 Å². The summed E-state index contributed by atoms with van der Waals surface area (Å²) in [5, 5.41) is 7.68. The summed E-state index contributed by atoms with van der Waals surface area (Å²) < 4.78 is 13.1. The number of hydrogen-bond acceptors (Lipinski definition) is 9. The number of anilines is 1. The molecule has 0 radical (unpaired) electrons. The number of fused-ring (bicyclic) bond motifs is 3. The van der Waals surface area contributed by atoms with Gasteiger partial charge in [0.25, 0.3) is 17.4 Å². The highest BCUT2D eigenvalue weighted by atomic mass is 16.5. The molecule has 1 N–H and O–H groups in total. The summed E-state index contributed by atoms with van der Waals surface area (Å²) in [6, 6.07) is 10.6. The first-order valence-electron chi connectivity index (χ1n) is 11.0. The van der Waals surface area contributed by atoms with E-state index in [9.17, 15) is 14.4 Å². The predicted molar refractivity (Wildman–Crippen MR) is 129 cm³/mol. The van der Waals surface area contributed by atoms with Gasteiger partial charge in [-0.1, -0.05) is 12.1 Å². The van der Waals surface area contributed by atoms with E-state index < -0.39 is 30.6 Å². The van der Waals surface area contributed by atoms with Crippen LogP contribution >= 0.6 is 0 Å². The lowest BCUT2D eigenvalue weighted by atomic mass is 10.2. The first kappa shape index (κ1) is 22.9. The molecule has 0 aliphatic carbocycles. The Morgan fingerprint density at radius 3 is 2.58 bits per heavy atom. The first-order chi connectivity index (χ1) is 17.3. The van der Waals surface area contributed by atoms with E-state index >= 15 is 0 Å². The molecule has 12 nitrogen and oxygen atoms in total. The minimum atomic E-state index is -0.785. The van der Waals surface area contributed by atoms with Gasteiger partial charge in [-0.05, 0) is 39.0 Å². The summed E-state index contributed by atoms with van der Waals surface area (Å²) in [4.78, 5) is 50.5. The van der Waals surface area contributed by atoms with Gasteiger partial charge < -0.3 is 14.5 Å². The molecule has 0 saturated carbocycles. The number of esters is 1. The van der Waals surface area contributed by atoms with Crippen molar-refractivity contribution in [3.05, 3.63) is 70.2 Å². The SMILES string of the molecule is Cc1cc(C)nc(-n2nc(C)cc2NC(=O)COC(=O)Cn2cnc3c(oc4ccccc43)c2=O)n1. The lowest BCUT2D eigenvalue weighted by Gasteiger charge is -2.09. The lowest BCUT2D eigenvalue weighted by Crippen LogP contribution is -2.28. The molecule has 0 saturated heterocycles. The number of carbonyl (C=O) groups is 2. The van der Waals surface area contributed by atoms with Crippen molar-refractivity contribution in [2.75, 3.05) is 11.9 Å². The molecule has 5 aromatic rings. The van der Waals surface area contributed by atoms with Gasteiger partial charge >= 0.3 is 5.97 Å². The number of rotatable bonds is 6. The molecule has 0 unspecified atom stereocenters. The van der Waals surface area contributed by atoms with Crippen molar-refractivity contribution in [2.45, 2.75) is 27.3 Å². The number of para-hydroxylation sites is 1. The number of aromatic nitrogens is 6. The van der Waals surface area contributed by atoms with Crippen LogP contribution in [0.15, 0.2) is 51.9 Å². The van der Waals surface area contributed by atoms with E-state index in [1.54, 1.807) is 31.2 Å². The molecule has 1 amide bonds. The molecule has 182 valence electrons. The van der Waals surface area contributed by atoms with Crippen LogP contribution in [0.5, 0.6) is 0 Å². The standard InChI is InChI=1S/C24H21N7O5/c1-13-8-14(2)27-24(26-13)31-18(9-15(3)29-31)28-19(32)11-35-20(33)10-30-12-25-21-16-6-4-5-7-17(16)36-22(21)23(30)34/h4-9,12H,10-11H2,1-3H3,(H,28,32). The molecular weight excluding hydrogens is 466 g/mol. The Morgan fingerprint density at radius 2 is 1.81 bits per heavy atom. The summed E-state index contributed by atoms with van der Waals surface area (Å²) in [5.41, 5.74) is 2.60. The van der Waals surface area contributed by atoms with Crippen molar-refractivity contribution in [1.29, 1.82) is 0 Å². The van der Waals surface area contributed by atoms with E-state index in [1.807, 2.05) is 26.0 Å². The van der Waals surface area contributed by atoms with Gasteiger partial charge in [0.05, 0.1) is 12.0 Å². The molecule has 4 aromatic heterocycles. The smallest absolute Gasteiger partial charge is 0.326 e. The second-order valence-electron chi connectivity index (χ2n) is 8.20. The number of amides is 1.